The van der Waals surface area contributed by atoms with E-state index >= 15 is 0 Å². The maximum Gasteiger partial charge on any atom is 0.235 e. The summed E-state index contributed by atoms with van der Waals surface area (Å²) in [4.78, 5) is 32.3. The lowest BCUT2D eigenvalue weighted by Gasteiger charge is -2.25. The Bertz CT molecular complexity index is 9990. The van der Waals surface area contributed by atoms with E-state index < -0.39 is 0 Å². The standard InChI is InChI=1S/3C43H29N3/c1-43(2)36-19-8-5-15-29(36)34-25-33-28(23-37(34)43)14-11-18-31(33)41-32-17-6-9-20-38(32)44-42(45-41)46-39-21-10-7-16-30(39)35-22-26-12-3-4-13-27(26)24-40(35)46;1-43(2)35-20-10-7-18-31(35)40-30-17-6-5-15-28(30)34(25-36(40)43)41-32-19-8-11-21-37(32)44-42(45-41)46-38-22-12-9-16-29(38)33-23-26-13-3-4-14-27(26)24-39(33)46;1-43(2)35-20-10-7-18-31(35)39-29-16-6-5-15-28(29)24-34(40(39)43)41-32-19-8-11-21-36(32)44-42(45-41)46-37-22-12-9-17-30(37)33-23-26-13-3-4-14-27(26)25-38(33)46/h3*3-25H,1-2H3. The molecule has 0 amide bonds. The topological polar surface area (TPSA) is 92.1 Å². The molecule has 0 fully saturated rings. The van der Waals surface area contributed by atoms with Crippen LogP contribution >= 0.6 is 0 Å². The molecule has 0 atom stereocenters. The highest BCUT2D eigenvalue weighted by molar-refractivity contribution is 6.19. The van der Waals surface area contributed by atoms with E-state index in [0.29, 0.717) is 17.8 Å². The van der Waals surface area contributed by atoms with Crippen LogP contribution < -0.4 is 0 Å². The summed E-state index contributed by atoms with van der Waals surface area (Å²) >= 11 is 0. The Kier molecular flexibility index (Phi) is 17.1. The Morgan fingerprint density at radius 2 is 0.493 bits per heavy atom. The fraction of sp³-hybridized carbons (Fsp3) is 0.0698. The maximum atomic E-state index is 5.56. The molecule has 6 aromatic heterocycles. The van der Waals surface area contributed by atoms with E-state index in [1.807, 2.05) is 0 Å². The van der Waals surface area contributed by atoms with E-state index in [1.54, 1.807) is 0 Å². The van der Waals surface area contributed by atoms with Gasteiger partial charge in [0.2, 0.25) is 17.8 Å². The third-order valence-corrected chi connectivity index (χ3v) is 30.5. The van der Waals surface area contributed by atoms with Gasteiger partial charge in [-0.25, -0.2) is 29.9 Å². The lowest BCUT2D eigenvalue weighted by Crippen LogP contribution is -2.17. The minimum absolute atomic E-state index is 0.0500. The molecule has 0 spiro atoms. The fourth-order valence-electron chi connectivity index (χ4n) is 24.0. The van der Waals surface area contributed by atoms with Crippen LogP contribution in [0.3, 0.4) is 0 Å². The van der Waals surface area contributed by atoms with Crippen LogP contribution in [0.1, 0.15) is 74.9 Å². The third-order valence-electron chi connectivity index (χ3n) is 30.5. The lowest BCUT2D eigenvalue weighted by molar-refractivity contribution is 0.661. The Morgan fingerprint density at radius 1 is 0.167 bits per heavy atom. The summed E-state index contributed by atoms with van der Waals surface area (Å²) in [6.07, 6.45) is 0. The zero-order valence-electron chi connectivity index (χ0n) is 76.9. The van der Waals surface area contributed by atoms with Gasteiger partial charge in [-0.05, 0) is 228 Å². The molecule has 9 heteroatoms. The maximum absolute atomic E-state index is 5.56. The second kappa shape index (κ2) is 29.8. The summed E-state index contributed by atoms with van der Waals surface area (Å²) in [5.74, 6) is 2.05. The molecule has 0 N–H and O–H groups in total. The molecule has 648 valence electrons. The van der Waals surface area contributed by atoms with Crippen molar-refractivity contribution >= 4 is 163 Å². The second-order valence-corrected chi connectivity index (χ2v) is 39.1. The smallest absolute Gasteiger partial charge is 0.235 e. The number of nitrogens with zero attached hydrogens (tertiary/aromatic N) is 9. The molecule has 27 aromatic rings. The molecule has 0 bridgehead atoms. The molecule has 30 rings (SSSR count). The first-order valence-electron chi connectivity index (χ1n) is 47.8. The monoisotopic (exact) mass is 1760 g/mol. The van der Waals surface area contributed by atoms with Crippen LogP contribution in [-0.2, 0) is 16.2 Å². The molecule has 0 radical (unpaired) electrons. The van der Waals surface area contributed by atoms with Crippen LogP contribution in [0.4, 0.5) is 0 Å². The van der Waals surface area contributed by atoms with E-state index in [0.717, 1.165) is 94.0 Å². The number of rotatable bonds is 6. The highest BCUT2D eigenvalue weighted by Gasteiger charge is 2.42. The van der Waals surface area contributed by atoms with Gasteiger partial charge in [0.1, 0.15) is 0 Å². The lowest BCUT2D eigenvalue weighted by atomic mass is 9.78. The highest BCUT2D eigenvalue weighted by Crippen LogP contribution is 2.58. The van der Waals surface area contributed by atoms with Crippen molar-refractivity contribution in [2.75, 3.05) is 0 Å². The van der Waals surface area contributed by atoms with Crippen molar-refractivity contribution in [2.45, 2.75) is 57.8 Å². The van der Waals surface area contributed by atoms with Crippen molar-refractivity contribution in [1.29, 1.82) is 0 Å². The highest BCUT2D eigenvalue weighted by atomic mass is 15.2. The SMILES string of the molecule is CC1(C)c2ccccc2-c2c1c(-c1nc(-n3c4ccccc4c4cc5ccccc5cc43)nc3ccccc13)cc1ccccc21.CC1(C)c2ccccc2-c2c1cc(-c1nc(-n3c4ccccc4c4cc5ccccc5cc43)nc3ccccc13)c1ccccc21.CC1(C)c2ccccc2-c2cc3c(-c4nc(-n5c6ccccc6c6cc7ccccc7cc65)nc5ccccc45)cccc3cc21. The van der Waals surface area contributed by atoms with Crippen molar-refractivity contribution in [3.63, 3.8) is 0 Å². The van der Waals surface area contributed by atoms with Crippen LogP contribution in [0.25, 0.3) is 248 Å². The largest absolute Gasteiger partial charge is 0.278 e. The Labute approximate surface area is 795 Å². The normalized spacial score (nSPS) is 13.6. The minimum atomic E-state index is -0.205. The average Bonchev–Trinajstić information content (AvgIpc) is 1.50. The van der Waals surface area contributed by atoms with Gasteiger partial charge in [0.15, 0.2) is 0 Å². The molecule has 3 aliphatic rings. The van der Waals surface area contributed by atoms with Gasteiger partial charge in [-0.2, -0.15) is 0 Å². The molecule has 6 heterocycles. The van der Waals surface area contributed by atoms with Crippen molar-refractivity contribution in [1.82, 2.24) is 43.6 Å². The molecule has 0 saturated carbocycles. The van der Waals surface area contributed by atoms with E-state index in [4.69, 9.17) is 29.9 Å². The van der Waals surface area contributed by atoms with Crippen LogP contribution in [0.5, 0.6) is 0 Å². The minimum Gasteiger partial charge on any atom is -0.278 e. The first kappa shape index (κ1) is 79.2. The molecule has 0 unspecified atom stereocenters. The molecule has 3 aliphatic carbocycles. The Hall–Kier alpha value is -17.4. The summed E-state index contributed by atoms with van der Waals surface area (Å²) in [5.41, 5.74) is 31.4. The van der Waals surface area contributed by atoms with Crippen molar-refractivity contribution < 1.29 is 0 Å². The summed E-state index contributed by atoms with van der Waals surface area (Å²) in [6, 6.07) is 151. The zero-order chi connectivity index (χ0) is 91.7. The first-order chi connectivity index (χ1) is 67.7. The molecule has 9 nitrogen and oxygen atoms in total. The van der Waals surface area contributed by atoms with Gasteiger partial charge in [0.25, 0.3) is 0 Å². The third kappa shape index (κ3) is 11.7. The number of para-hydroxylation sites is 6. The molecular weight excluding hydrogens is 1680 g/mol. The van der Waals surface area contributed by atoms with Crippen molar-refractivity contribution in [3.05, 3.63) is 452 Å². The summed E-state index contributed by atoms with van der Waals surface area (Å²) in [6.45, 7) is 14.1. The number of aromatic nitrogens is 9. The van der Waals surface area contributed by atoms with Crippen LogP contribution in [0.15, 0.2) is 419 Å². The van der Waals surface area contributed by atoms with Crippen LogP contribution in [0, 0.1) is 0 Å². The van der Waals surface area contributed by atoms with Gasteiger partial charge in [0, 0.05) is 81.4 Å². The zero-order valence-corrected chi connectivity index (χ0v) is 76.9. The van der Waals surface area contributed by atoms with Gasteiger partial charge in [0.05, 0.1) is 66.7 Å². The average molecular weight is 1760 g/mol. The summed E-state index contributed by atoms with van der Waals surface area (Å²) < 4.78 is 6.76. The van der Waals surface area contributed by atoms with E-state index in [2.05, 4.69) is 474 Å². The van der Waals surface area contributed by atoms with Crippen LogP contribution in [-0.4, -0.2) is 43.6 Å². The van der Waals surface area contributed by atoms with Crippen molar-refractivity contribution in [2.24, 2.45) is 0 Å². The van der Waals surface area contributed by atoms with E-state index in [-0.39, 0.29) is 16.2 Å². The van der Waals surface area contributed by atoms with Crippen molar-refractivity contribution in [3.8, 4) is 85.0 Å². The number of fused-ring (bicyclic) bond motifs is 29. The van der Waals surface area contributed by atoms with Gasteiger partial charge in [-0.15, -0.1) is 0 Å². The predicted molar refractivity (Wildman–Crippen MR) is 576 cm³/mol. The second-order valence-electron chi connectivity index (χ2n) is 39.1. The number of benzene rings is 21. The summed E-state index contributed by atoms with van der Waals surface area (Å²) in [5, 5.41) is 25.1. The molecule has 0 aliphatic heterocycles. The number of hydrogen-bond donors (Lipinski definition) is 0. The molecule has 138 heavy (non-hydrogen) atoms. The molecular formula is C129H87N9. The van der Waals surface area contributed by atoms with E-state index in [1.165, 1.54) is 169 Å². The predicted octanol–water partition coefficient (Wildman–Crippen LogP) is 33.0. The molecule has 0 saturated heterocycles. The molecule has 21 aromatic carbocycles. The van der Waals surface area contributed by atoms with E-state index in [9.17, 15) is 0 Å². The Balaban J connectivity index is 0.000000102. The first-order valence-corrected chi connectivity index (χ1v) is 47.8. The fourth-order valence-corrected chi connectivity index (χ4v) is 24.0. The van der Waals surface area contributed by atoms with Crippen LogP contribution in [0.2, 0.25) is 0 Å². The van der Waals surface area contributed by atoms with Gasteiger partial charge < -0.3 is 0 Å². The van der Waals surface area contributed by atoms with Gasteiger partial charge in [-0.1, -0.05) is 363 Å². The summed E-state index contributed by atoms with van der Waals surface area (Å²) in [7, 11) is 0. The van der Waals surface area contributed by atoms with Gasteiger partial charge >= 0.3 is 0 Å². The quantitative estimate of drug-likeness (QED) is 0.165. The van der Waals surface area contributed by atoms with Gasteiger partial charge in [-0.3, -0.25) is 13.7 Å². The Morgan fingerprint density at radius 3 is 0.971 bits per heavy atom. The number of hydrogen-bond acceptors (Lipinski definition) is 6.